The van der Waals surface area contributed by atoms with Crippen LogP contribution in [0.3, 0.4) is 0 Å². The van der Waals surface area contributed by atoms with Gasteiger partial charge in [-0.3, -0.25) is 4.79 Å². The third kappa shape index (κ3) is 3.22. The maximum Gasteiger partial charge on any atom is 0.224 e. The van der Waals surface area contributed by atoms with Gasteiger partial charge in [-0.15, -0.1) is 0 Å². The summed E-state index contributed by atoms with van der Waals surface area (Å²) in [5.41, 5.74) is 0.929. The quantitative estimate of drug-likeness (QED) is 0.612. The predicted molar refractivity (Wildman–Crippen MR) is 75.4 cm³/mol. The number of hydrogen-bond acceptors (Lipinski definition) is 2. The highest BCUT2D eigenvalue weighted by molar-refractivity contribution is 5.98. The Bertz CT molecular complexity index is 385. The Morgan fingerprint density at radius 2 is 2.17 bits per heavy atom. The number of carbonyl (C=O) groups is 1. The van der Waals surface area contributed by atoms with Gasteiger partial charge >= 0.3 is 0 Å². The highest BCUT2D eigenvalue weighted by Crippen LogP contribution is 2.24. The van der Waals surface area contributed by atoms with Crippen LogP contribution in [0, 0.1) is 11.8 Å². The van der Waals surface area contributed by atoms with Crippen LogP contribution in [0.2, 0.25) is 0 Å². The van der Waals surface area contributed by atoms with E-state index in [9.17, 15) is 4.79 Å². The van der Waals surface area contributed by atoms with E-state index in [0.717, 1.165) is 18.0 Å². The van der Waals surface area contributed by atoms with Crippen LogP contribution in [0.25, 0.3) is 0 Å². The van der Waals surface area contributed by atoms with E-state index in [0.29, 0.717) is 12.5 Å². The fourth-order valence-corrected chi connectivity index (χ4v) is 2.27. The molecule has 0 radical (unpaired) electrons. The summed E-state index contributed by atoms with van der Waals surface area (Å²) in [6.07, 6.45) is 3.65. The van der Waals surface area contributed by atoms with E-state index in [-0.39, 0.29) is 11.8 Å². The molecule has 18 heavy (non-hydrogen) atoms. The van der Waals surface area contributed by atoms with Crippen molar-refractivity contribution in [2.24, 2.45) is 16.8 Å². The molecule has 4 heteroatoms. The lowest BCUT2D eigenvalue weighted by Crippen LogP contribution is -2.33. The van der Waals surface area contributed by atoms with Crippen LogP contribution in [0.4, 0.5) is 0 Å². The second kappa shape index (κ2) is 6.38. The molecule has 2 atom stereocenters. The van der Waals surface area contributed by atoms with Crippen LogP contribution in [-0.4, -0.2) is 36.8 Å². The average Bonchev–Trinajstić information content (AvgIpc) is 2.70. The number of aliphatic imine (C=N–C) groups is 1. The van der Waals surface area contributed by atoms with Crippen molar-refractivity contribution in [3.63, 3.8) is 0 Å². The molecular weight excluding hydrogens is 226 g/mol. The molecule has 2 unspecified atom stereocenters. The summed E-state index contributed by atoms with van der Waals surface area (Å²) in [6.45, 7) is 11.5. The molecule has 0 saturated carbocycles. The first-order valence-electron chi connectivity index (χ1n) is 6.32. The summed E-state index contributed by atoms with van der Waals surface area (Å²) in [5, 5.41) is 2.73. The molecule has 0 aromatic heterocycles. The molecule has 0 aromatic rings. The van der Waals surface area contributed by atoms with Gasteiger partial charge in [-0.2, -0.15) is 0 Å². The maximum absolute atomic E-state index is 11.8. The Balaban J connectivity index is 2.85. The molecule has 0 aromatic carbocycles. The summed E-state index contributed by atoms with van der Waals surface area (Å²) in [6, 6.07) is 0. The molecule has 1 aliphatic heterocycles. The van der Waals surface area contributed by atoms with E-state index in [2.05, 4.69) is 28.7 Å². The van der Waals surface area contributed by atoms with Gasteiger partial charge < -0.3 is 10.2 Å². The highest BCUT2D eigenvalue weighted by Gasteiger charge is 2.35. The molecule has 100 valence electrons. The van der Waals surface area contributed by atoms with Gasteiger partial charge in [0.15, 0.2) is 0 Å². The molecule has 1 N–H and O–H groups in total. The summed E-state index contributed by atoms with van der Waals surface area (Å²) >= 11 is 0. The Hall–Kier alpha value is -1.58. The van der Waals surface area contributed by atoms with Crippen molar-refractivity contribution < 1.29 is 4.79 Å². The number of rotatable bonds is 3. The first-order chi connectivity index (χ1) is 8.51. The number of hydrogen-bond donors (Lipinski definition) is 1. The lowest BCUT2D eigenvalue weighted by Gasteiger charge is -2.20. The van der Waals surface area contributed by atoms with E-state index >= 15 is 0 Å². The van der Waals surface area contributed by atoms with Crippen LogP contribution in [0.5, 0.6) is 0 Å². The van der Waals surface area contributed by atoms with Crippen LogP contribution in [0.15, 0.2) is 29.4 Å². The number of amidine groups is 1. The van der Waals surface area contributed by atoms with Crippen molar-refractivity contribution in [2.75, 3.05) is 20.1 Å². The van der Waals surface area contributed by atoms with Crippen molar-refractivity contribution in [2.45, 2.75) is 20.8 Å². The minimum Gasteiger partial charge on any atom is -0.359 e. The zero-order valence-electron chi connectivity index (χ0n) is 11.7. The van der Waals surface area contributed by atoms with E-state index in [1.165, 1.54) is 0 Å². The normalized spacial score (nSPS) is 24.7. The van der Waals surface area contributed by atoms with Gasteiger partial charge in [0.2, 0.25) is 5.91 Å². The third-order valence-corrected chi connectivity index (χ3v) is 3.22. The molecule has 1 rings (SSSR count). The van der Waals surface area contributed by atoms with Gasteiger partial charge in [0, 0.05) is 26.3 Å². The number of allylic oxidation sites excluding steroid dienone is 1. The highest BCUT2D eigenvalue weighted by atomic mass is 16.1. The fourth-order valence-electron chi connectivity index (χ4n) is 2.27. The van der Waals surface area contributed by atoms with Crippen LogP contribution in [0.1, 0.15) is 20.8 Å². The number of nitrogens with zero attached hydrogens (tertiary/aromatic N) is 2. The zero-order chi connectivity index (χ0) is 13.7. The van der Waals surface area contributed by atoms with Crippen molar-refractivity contribution in [3.05, 3.63) is 24.4 Å². The Labute approximate surface area is 109 Å². The van der Waals surface area contributed by atoms with E-state index in [4.69, 9.17) is 0 Å². The van der Waals surface area contributed by atoms with Crippen molar-refractivity contribution in [3.8, 4) is 0 Å². The summed E-state index contributed by atoms with van der Waals surface area (Å²) in [5.74, 6) is 1.36. The second-order valence-electron chi connectivity index (χ2n) is 4.82. The van der Waals surface area contributed by atoms with Gasteiger partial charge in [-0.1, -0.05) is 19.6 Å². The summed E-state index contributed by atoms with van der Waals surface area (Å²) in [4.78, 5) is 18.3. The molecule has 1 amide bonds. The predicted octanol–water partition coefficient (Wildman–Crippen LogP) is 1.81. The Kier molecular flexibility index (Phi) is 5.13. The molecule has 0 spiro atoms. The fraction of sp³-hybridized carbons (Fsp3) is 0.571. The van der Waals surface area contributed by atoms with Gasteiger partial charge in [-0.05, 0) is 25.3 Å². The molecule has 4 nitrogen and oxygen atoms in total. The van der Waals surface area contributed by atoms with E-state index in [1.54, 1.807) is 13.2 Å². The number of amides is 1. The monoisotopic (exact) mass is 249 g/mol. The maximum atomic E-state index is 11.8. The van der Waals surface area contributed by atoms with Crippen LogP contribution in [-0.2, 0) is 4.79 Å². The first kappa shape index (κ1) is 14.5. The molecule has 1 saturated heterocycles. The van der Waals surface area contributed by atoms with E-state index in [1.807, 2.05) is 19.9 Å². The van der Waals surface area contributed by atoms with Crippen molar-refractivity contribution >= 4 is 11.7 Å². The van der Waals surface area contributed by atoms with Gasteiger partial charge in [0.1, 0.15) is 5.84 Å². The van der Waals surface area contributed by atoms with Gasteiger partial charge in [-0.25, -0.2) is 4.99 Å². The Morgan fingerprint density at radius 1 is 1.50 bits per heavy atom. The molecule has 1 aliphatic rings. The number of carbonyl (C=O) groups excluding carboxylic acids is 1. The van der Waals surface area contributed by atoms with Gasteiger partial charge in [0.25, 0.3) is 0 Å². The minimum absolute atomic E-state index is 0.0326. The summed E-state index contributed by atoms with van der Waals surface area (Å²) in [7, 11) is 1.69. The van der Waals surface area contributed by atoms with Crippen molar-refractivity contribution in [1.82, 2.24) is 10.2 Å². The number of likely N-dealkylation sites (tertiary alicyclic amines) is 1. The molecule has 0 bridgehead atoms. The van der Waals surface area contributed by atoms with Crippen molar-refractivity contribution in [1.29, 1.82) is 0 Å². The topological polar surface area (TPSA) is 44.7 Å². The molecule has 1 heterocycles. The lowest BCUT2D eigenvalue weighted by atomic mass is 9.98. The summed E-state index contributed by atoms with van der Waals surface area (Å²) < 4.78 is 0. The second-order valence-corrected chi connectivity index (χ2v) is 4.82. The zero-order valence-corrected chi connectivity index (χ0v) is 11.7. The van der Waals surface area contributed by atoms with Crippen LogP contribution < -0.4 is 5.32 Å². The number of nitrogens with one attached hydrogen (secondary N) is 1. The van der Waals surface area contributed by atoms with Crippen LogP contribution >= 0.6 is 0 Å². The average molecular weight is 249 g/mol. The standard InChI is InChI=1S/C14H23N3O/c1-6-7-16-13(10(2)3)17-8-11(4)12(9-17)14(18)15-5/h6-7,11-12H,2,8-9H2,1,3-5H3,(H,15,18)/b7-6-,16-13+. The largest absolute Gasteiger partial charge is 0.359 e. The SMILES string of the molecule is C=C(C)/C(=N\C=C/C)N1CC(C)C(C(=O)NC)C1. The van der Waals surface area contributed by atoms with E-state index < -0.39 is 0 Å². The third-order valence-electron chi connectivity index (χ3n) is 3.22. The minimum atomic E-state index is 0.0326. The molecule has 1 fully saturated rings. The van der Waals surface area contributed by atoms with Gasteiger partial charge in [0.05, 0.1) is 5.92 Å². The Morgan fingerprint density at radius 3 is 2.67 bits per heavy atom. The lowest BCUT2D eigenvalue weighted by molar-refractivity contribution is -0.124. The molecular formula is C14H23N3O. The smallest absolute Gasteiger partial charge is 0.224 e. The molecule has 0 aliphatic carbocycles. The first-order valence-corrected chi connectivity index (χ1v) is 6.32.